The number of hydrogen-bond donors (Lipinski definition) is 2. The number of carbonyl (C=O) groups excluding carboxylic acids is 1. The Bertz CT molecular complexity index is 704. The summed E-state index contributed by atoms with van der Waals surface area (Å²) in [6.07, 6.45) is 1.42. The molecule has 0 aliphatic carbocycles. The van der Waals surface area contributed by atoms with Gasteiger partial charge >= 0.3 is 5.69 Å². The van der Waals surface area contributed by atoms with Gasteiger partial charge in [-0.15, -0.1) is 0 Å². The minimum absolute atomic E-state index is 0.142. The minimum atomic E-state index is -0.523. The maximum absolute atomic E-state index is 12.0. The number of amides is 1. The zero-order chi connectivity index (χ0) is 15.4. The molecule has 0 atom stereocenters. The minimum Gasteiger partial charge on any atom is -0.325 e. The van der Waals surface area contributed by atoms with Gasteiger partial charge in [0, 0.05) is 5.69 Å². The Balaban J connectivity index is 2.01. The zero-order valence-corrected chi connectivity index (χ0v) is 12.9. The Kier molecular flexibility index (Phi) is 4.74. The molecule has 1 aromatic heterocycles. The Labute approximate surface area is 126 Å². The fourth-order valence-electron chi connectivity index (χ4n) is 2.06. The van der Waals surface area contributed by atoms with E-state index in [1.807, 2.05) is 32.9 Å². The van der Waals surface area contributed by atoms with Crippen molar-refractivity contribution in [2.45, 2.75) is 25.8 Å². The first-order valence-electron chi connectivity index (χ1n) is 6.38. The van der Waals surface area contributed by atoms with Crippen LogP contribution in [0.4, 0.5) is 5.69 Å². The molecule has 0 spiro atoms. The topological polar surface area (TPSA) is 87.7 Å². The smallest absolute Gasteiger partial charge is 0.325 e. The van der Waals surface area contributed by atoms with E-state index in [2.05, 4.69) is 20.5 Å². The van der Waals surface area contributed by atoms with Crippen molar-refractivity contribution in [1.29, 1.82) is 0 Å². The van der Waals surface area contributed by atoms with E-state index in [1.54, 1.807) is 0 Å². The second kappa shape index (κ2) is 6.53. The molecular weight excluding hydrogens is 288 g/mol. The molecule has 1 amide bonds. The second-order valence-electron chi connectivity index (χ2n) is 4.74. The summed E-state index contributed by atoms with van der Waals surface area (Å²) >= 11 is 1.17. The maximum atomic E-state index is 12.0. The van der Waals surface area contributed by atoms with Crippen LogP contribution in [0, 0.1) is 20.8 Å². The van der Waals surface area contributed by atoms with Crippen LogP contribution in [0.3, 0.4) is 0 Å². The van der Waals surface area contributed by atoms with Crippen LogP contribution < -0.4 is 11.0 Å². The van der Waals surface area contributed by atoms with Crippen molar-refractivity contribution in [3.63, 3.8) is 0 Å². The molecule has 0 unspecified atom stereocenters. The average Bonchev–Trinajstić information content (AvgIpc) is 2.40. The van der Waals surface area contributed by atoms with Crippen molar-refractivity contribution in [3.05, 3.63) is 45.5 Å². The van der Waals surface area contributed by atoms with Gasteiger partial charge in [0.2, 0.25) is 5.91 Å². The summed E-state index contributed by atoms with van der Waals surface area (Å²) in [6.45, 7) is 5.95. The van der Waals surface area contributed by atoms with Crippen molar-refractivity contribution in [1.82, 2.24) is 15.2 Å². The lowest BCUT2D eigenvalue weighted by atomic mass is 10.1. The summed E-state index contributed by atoms with van der Waals surface area (Å²) < 4.78 is 0. The Morgan fingerprint density at radius 1 is 1.29 bits per heavy atom. The lowest BCUT2D eigenvalue weighted by Gasteiger charge is -2.12. The molecule has 0 fully saturated rings. The number of benzene rings is 1. The van der Waals surface area contributed by atoms with E-state index in [0.29, 0.717) is 5.03 Å². The van der Waals surface area contributed by atoms with Crippen molar-refractivity contribution in [2.24, 2.45) is 0 Å². The number of thioether (sulfide) groups is 1. The van der Waals surface area contributed by atoms with Gasteiger partial charge < -0.3 is 5.32 Å². The number of aromatic nitrogens is 3. The number of carbonyl (C=O) groups is 1. The highest BCUT2D eigenvalue weighted by molar-refractivity contribution is 7.99. The van der Waals surface area contributed by atoms with E-state index in [-0.39, 0.29) is 11.7 Å². The van der Waals surface area contributed by atoms with Crippen LogP contribution in [0.25, 0.3) is 0 Å². The Morgan fingerprint density at radius 2 is 1.95 bits per heavy atom. The number of aryl methyl sites for hydroxylation is 3. The van der Waals surface area contributed by atoms with Gasteiger partial charge in [0.1, 0.15) is 5.03 Å². The molecule has 7 heteroatoms. The summed E-state index contributed by atoms with van der Waals surface area (Å²) in [5.74, 6) is 0.0300. The van der Waals surface area contributed by atoms with Gasteiger partial charge in [0.25, 0.3) is 0 Å². The van der Waals surface area contributed by atoms with Gasteiger partial charge in [0.05, 0.1) is 11.9 Å². The number of rotatable bonds is 4. The molecule has 0 aliphatic heterocycles. The molecule has 6 nitrogen and oxygen atoms in total. The van der Waals surface area contributed by atoms with Crippen LogP contribution >= 0.6 is 11.8 Å². The van der Waals surface area contributed by atoms with E-state index >= 15 is 0 Å². The third kappa shape index (κ3) is 4.16. The summed E-state index contributed by atoms with van der Waals surface area (Å²) in [7, 11) is 0. The monoisotopic (exact) mass is 304 g/mol. The number of hydrogen-bond acceptors (Lipinski definition) is 5. The SMILES string of the molecule is Cc1cc(C)c(NC(=O)CSc2cn[nH]c(=O)n2)c(C)c1. The largest absolute Gasteiger partial charge is 0.362 e. The van der Waals surface area contributed by atoms with Crippen LogP contribution in [-0.4, -0.2) is 26.8 Å². The van der Waals surface area contributed by atoms with Gasteiger partial charge in [-0.05, 0) is 31.9 Å². The van der Waals surface area contributed by atoms with Crippen molar-refractivity contribution in [3.8, 4) is 0 Å². The molecule has 2 N–H and O–H groups in total. The third-order valence-electron chi connectivity index (χ3n) is 2.84. The molecular formula is C14H16N4O2S. The first kappa shape index (κ1) is 15.2. The van der Waals surface area contributed by atoms with E-state index in [9.17, 15) is 9.59 Å². The molecule has 1 aromatic carbocycles. The third-order valence-corrected chi connectivity index (χ3v) is 3.74. The van der Waals surface area contributed by atoms with Crippen molar-refractivity contribution < 1.29 is 4.79 Å². The molecule has 2 rings (SSSR count). The second-order valence-corrected chi connectivity index (χ2v) is 5.73. The van der Waals surface area contributed by atoms with Crippen LogP contribution in [-0.2, 0) is 4.79 Å². The first-order valence-corrected chi connectivity index (χ1v) is 7.36. The molecule has 0 radical (unpaired) electrons. The molecule has 21 heavy (non-hydrogen) atoms. The molecule has 1 heterocycles. The maximum Gasteiger partial charge on any atom is 0.362 e. The highest BCUT2D eigenvalue weighted by Gasteiger charge is 2.09. The van der Waals surface area contributed by atoms with Crippen LogP contribution in [0.5, 0.6) is 0 Å². The molecule has 2 aromatic rings. The fourth-order valence-corrected chi connectivity index (χ4v) is 2.68. The lowest BCUT2D eigenvalue weighted by molar-refractivity contribution is -0.113. The average molecular weight is 304 g/mol. The van der Waals surface area contributed by atoms with Gasteiger partial charge in [-0.25, -0.2) is 9.89 Å². The molecule has 0 saturated carbocycles. The normalized spacial score (nSPS) is 10.4. The van der Waals surface area contributed by atoms with Gasteiger partial charge in [-0.3, -0.25) is 4.79 Å². The number of anilines is 1. The summed E-state index contributed by atoms with van der Waals surface area (Å²) in [5, 5.41) is 9.14. The van der Waals surface area contributed by atoms with E-state index in [0.717, 1.165) is 22.4 Å². The quantitative estimate of drug-likeness (QED) is 0.841. The standard InChI is InChI=1S/C14H16N4O2S/c1-8-4-9(2)13(10(3)5-8)16-11(19)7-21-12-6-15-18-14(20)17-12/h4-6H,7H2,1-3H3,(H,16,19)(H,17,18,20). The molecule has 0 aliphatic rings. The van der Waals surface area contributed by atoms with Gasteiger partial charge in [-0.2, -0.15) is 10.1 Å². The summed E-state index contributed by atoms with van der Waals surface area (Å²) in [4.78, 5) is 26.7. The van der Waals surface area contributed by atoms with Crippen LogP contribution in [0.15, 0.2) is 28.2 Å². The number of H-pyrrole nitrogens is 1. The summed E-state index contributed by atoms with van der Waals surface area (Å²) in [6, 6.07) is 4.05. The highest BCUT2D eigenvalue weighted by Crippen LogP contribution is 2.22. The van der Waals surface area contributed by atoms with Crippen LogP contribution in [0.1, 0.15) is 16.7 Å². The Morgan fingerprint density at radius 3 is 2.57 bits per heavy atom. The van der Waals surface area contributed by atoms with E-state index in [4.69, 9.17) is 0 Å². The zero-order valence-electron chi connectivity index (χ0n) is 12.1. The number of nitrogens with zero attached hydrogens (tertiary/aromatic N) is 2. The van der Waals surface area contributed by atoms with Gasteiger partial charge in [-0.1, -0.05) is 29.5 Å². The van der Waals surface area contributed by atoms with Crippen LogP contribution in [0.2, 0.25) is 0 Å². The number of nitrogens with one attached hydrogen (secondary N) is 2. The fraction of sp³-hybridized carbons (Fsp3) is 0.286. The highest BCUT2D eigenvalue weighted by atomic mass is 32.2. The number of aromatic amines is 1. The van der Waals surface area contributed by atoms with Crippen molar-refractivity contribution in [2.75, 3.05) is 11.1 Å². The lowest BCUT2D eigenvalue weighted by Crippen LogP contribution is -2.17. The summed E-state index contributed by atoms with van der Waals surface area (Å²) in [5.41, 5.74) is 3.54. The Hall–Kier alpha value is -2.15. The van der Waals surface area contributed by atoms with E-state index in [1.165, 1.54) is 18.0 Å². The first-order chi connectivity index (χ1) is 9.95. The molecule has 0 saturated heterocycles. The molecule has 110 valence electrons. The predicted molar refractivity (Wildman–Crippen MR) is 82.7 cm³/mol. The van der Waals surface area contributed by atoms with E-state index < -0.39 is 5.69 Å². The van der Waals surface area contributed by atoms with Gasteiger partial charge in [0.15, 0.2) is 0 Å². The molecule has 0 bridgehead atoms. The predicted octanol–water partition coefficient (Wildman–Crippen LogP) is 1.82. The van der Waals surface area contributed by atoms with Crippen molar-refractivity contribution >= 4 is 23.4 Å².